The Labute approximate surface area is 186 Å². The highest BCUT2D eigenvalue weighted by Gasteiger charge is 2.29. The highest BCUT2D eigenvalue weighted by Crippen LogP contribution is 2.31. The second-order valence-corrected chi connectivity index (χ2v) is 8.17. The molecule has 1 aliphatic carbocycles. The maximum Gasteiger partial charge on any atom is 0.255 e. The third-order valence-electron chi connectivity index (χ3n) is 5.26. The summed E-state index contributed by atoms with van der Waals surface area (Å²) in [5.74, 6) is -0.0579. The van der Waals surface area contributed by atoms with E-state index >= 15 is 0 Å². The van der Waals surface area contributed by atoms with Gasteiger partial charge in [-0.15, -0.1) is 0 Å². The van der Waals surface area contributed by atoms with Gasteiger partial charge < -0.3 is 16.0 Å². The fraction of sp³-hybridized carbons (Fsp3) is 0.200. The minimum absolute atomic E-state index is 0.0436. The molecule has 3 aromatic rings. The number of carbonyl (C=O) groups excluding carboxylic acids is 2. The van der Waals surface area contributed by atoms with E-state index in [1.165, 1.54) is 0 Å². The molecule has 1 saturated carbocycles. The number of amides is 2. The van der Waals surface area contributed by atoms with Gasteiger partial charge in [0.2, 0.25) is 5.91 Å². The van der Waals surface area contributed by atoms with Crippen molar-refractivity contribution in [3.8, 4) is 0 Å². The molecule has 1 unspecified atom stereocenters. The van der Waals surface area contributed by atoms with Crippen LogP contribution >= 0.6 is 11.6 Å². The number of rotatable bonds is 7. The van der Waals surface area contributed by atoms with E-state index in [9.17, 15) is 9.59 Å². The molecule has 158 valence electrons. The molecule has 0 spiro atoms. The van der Waals surface area contributed by atoms with Gasteiger partial charge >= 0.3 is 0 Å². The van der Waals surface area contributed by atoms with Crippen LogP contribution in [0.2, 0.25) is 5.02 Å². The lowest BCUT2D eigenvalue weighted by atomic mass is 10.1. The Kier molecular flexibility index (Phi) is 6.23. The van der Waals surface area contributed by atoms with Crippen molar-refractivity contribution in [2.75, 3.05) is 16.0 Å². The van der Waals surface area contributed by atoms with Gasteiger partial charge in [0.1, 0.15) is 0 Å². The topological polar surface area (TPSA) is 70.2 Å². The molecule has 0 aromatic heterocycles. The molecule has 2 amide bonds. The molecule has 0 heterocycles. The van der Waals surface area contributed by atoms with Gasteiger partial charge in [-0.3, -0.25) is 9.59 Å². The first-order valence-electron chi connectivity index (χ1n) is 10.3. The Morgan fingerprint density at radius 3 is 2.23 bits per heavy atom. The van der Waals surface area contributed by atoms with Crippen molar-refractivity contribution >= 4 is 40.5 Å². The van der Waals surface area contributed by atoms with Crippen LogP contribution in [0.1, 0.15) is 41.7 Å². The van der Waals surface area contributed by atoms with Crippen LogP contribution in [0.15, 0.2) is 72.8 Å². The van der Waals surface area contributed by atoms with Gasteiger partial charge in [-0.2, -0.15) is 0 Å². The molecular weight excluding hydrogens is 410 g/mol. The Morgan fingerprint density at radius 2 is 1.58 bits per heavy atom. The van der Waals surface area contributed by atoms with Gasteiger partial charge in [0.15, 0.2) is 0 Å². The Balaban J connectivity index is 1.37. The van der Waals surface area contributed by atoms with Crippen LogP contribution in [0.5, 0.6) is 0 Å². The number of hydrogen-bond donors (Lipinski definition) is 3. The van der Waals surface area contributed by atoms with Gasteiger partial charge in [0.05, 0.1) is 10.7 Å². The van der Waals surface area contributed by atoms with Crippen molar-refractivity contribution in [3.05, 3.63) is 88.9 Å². The first-order valence-corrected chi connectivity index (χ1v) is 10.7. The Morgan fingerprint density at radius 1 is 0.903 bits per heavy atom. The largest absolute Gasteiger partial charge is 0.377 e. The molecule has 6 heteroatoms. The predicted molar refractivity (Wildman–Crippen MR) is 126 cm³/mol. The zero-order valence-electron chi connectivity index (χ0n) is 17.2. The molecule has 31 heavy (non-hydrogen) atoms. The van der Waals surface area contributed by atoms with Crippen LogP contribution in [0.4, 0.5) is 17.1 Å². The van der Waals surface area contributed by atoms with Crippen LogP contribution in [0.25, 0.3) is 0 Å². The molecule has 0 radical (unpaired) electrons. The van der Waals surface area contributed by atoms with E-state index in [1.807, 2.05) is 30.3 Å². The van der Waals surface area contributed by atoms with Crippen molar-refractivity contribution in [1.82, 2.24) is 0 Å². The van der Waals surface area contributed by atoms with Crippen molar-refractivity contribution in [3.63, 3.8) is 0 Å². The molecule has 3 aromatic carbocycles. The monoisotopic (exact) mass is 433 g/mol. The van der Waals surface area contributed by atoms with Crippen LogP contribution < -0.4 is 16.0 Å². The molecule has 1 atom stereocenters. The number of hydrogen-bond acceptors (Lipinski definition) is 3. The van der Waals surface area contributed by atoms with E-state index in [4.69, 9.17) is 11.6 Å². The normalized spacial score (nSPS) is 13.9. The van der Waals surface area contributed by atoms with Crippen molar-refractivity contribution < 1.29 is 9.59 Å². The maximum absolute atomic E-state index is 12.6. The van der Waals surface area contributed by atoms with E-state index in [0.29, 0.717) is 22.0 Å². The maximum atomic E-state index is 12.6. The number of nitrogens with one attached hydrogen (secondary N) is 3. The van der Waals surface area contributed by atoms with Crippen molar-refractivity contribution in [2.45, 2.75) is 25.8 Å². The predicted octanol–water partition coefficient (Wildman–Crippen LogP) is 6.11. The standard InChI is InChI=1S/C25H24ClN3O2/c1-16(17-5-3-2-4-6-17)27-23-14-13-21(15-22(23)26)29-25(31)19-9-11-20(12-10-19)28-24(30)18-7-8-18/h2-6,9-16,18,27H,7-8H2,1H3,(H,28,30)(H,29,31). The first-order chi connectivity index (χ1) is 15.0. The second-order valence-electron chi connectivity index (χ2n) is 7.77. The van der Waals surface area contributed by atoms with Gasteiger partial charge in [-0.1, -0.05) is 41.9 Å². The van der Waals surface area contributed by atoms with Crippen molar-refractivity contribution in [1.29, 1.82) is 0 Å². The lowest BCUT2D eigenvalue weighted by Gasteiger charge is -2.17. The third kappa shape index (κ3) is 5.44. The quantitative estimate of drug-likeness (QED) is 0.420. The van der Waals surface area contributed by atoms with Crippen LogP contribution in [0, 0.1) is 5.92 Å². The summed E-state index contributed by atoms with van der Waals surface area (Å²) in [4.78, 5) is 24.4. The van der Waals surface area contributed by atoms with E-state index < -0.39 is 0 Å². The van der Waals surface area contributed by atoms with E-state index in [0.717, 1.165) is 24.1 Å². The first kappa shape index (κ1) is 20.9. The van der Waals surface area contributed by atoms with Gasteiger partial charge in [0.25, 0.3) is 5.91 Å². The summed E-state index contributed by atoms with van der Waals surface area (Å²) in [6, 6.07) is 22.4. The highest BCUT2D eigenvalue weighted by atomic mass is 35.5. The van der Waals surface area contributed by atoms with Gasteiger partial charge in [-0.05, 0) is 67.8 Å². The Hall–Kier alpha value is -3.31. The fourth-order valence-electron chi connectivity index (χ4n) is 3.27. The average molecular weight is 434 g/mol. The summed E-state index contributed by atoms with van der Waals surface area (Å²) in [5.41, 5.74) is 3.76. The van der Waals surface area contributed by atoms with Crippen LogP contribution in [-0.4, -0.2) is 11.8 Å². The average Bonchev–Trinajstić information content (AvgIpc) is 3.62. The SMILES string of the molecule is CC(Nc1ccc(NC(=O)c2ccc(NC(=O)C3CC3)cc2)cc1Cl)c1ccccc1. The Bertz CT molecular complexity index is 1080. The fourth-order valence-corrected chi connectivity index (χ4v) is 3.50. The summed E-state index contributed by atoms with van der Waals surface area (Å²) in [7, 11) is 0. The minimum Gasteiger partial charge on any atom is -0.377 e. The van der Waals surface area contributed by atoms with E-state index in [-0.39, 0.29) is 23.8 Å². The molecule has 5 nitrogen and oxygen atoms in total. The molecular formula is C25H24ClN3O2. The summed E-state index contributed by atoms with van der Waals surface area (Å²) in [6.45, 7) is 2.07. The van der Waals surface area contributed by atoms with Crippen molar-refractivity contribution in [2.24, 2.45) is 5.92 Å². The number of carbonyl (C=O) groups is 2. The number of halogens is 1. The zero-order chi connectivity index (χ0) is 21.8. The highest BCUT2D eigenvalue weighted by molar-refractivity contribution is 6.33. The number of anilines is 3. The van der Waals surface area contributed by atoms with Gasteiger partial charge in [-0.25, -0.2) is 0 Å². The lowest BCUT2D eigenvalue weighted by Crippen LogP contribution is -2.14. The smallest absolute Gasteiger partial charge is 0.255 e. The minimum atomic E-state index is -0.241. The summed E-state index contributed by atoms with van der Waals surface area (Å²) >= 11 is 6.44. The van der Waals surface area contributed by atoms with E-state index in [1.54, 1.807) is 30.3 Å². The van der Waals surface area contributed by atoms with Gasteiger partial charge in [0, 0.05) is 28.9 Å². The van der Waals surface area contributed by atoms with E-state index in [2.05, 4.69) is 35.0 Å². The number of benzene rings is 3. The molecule has 4 rings (SSSR count). The third-order valence-corrected chi connectivity index (χ3v) is 5.57. The van der Waals surface area contributed by atoms with Crippen LogP contribution in [-0.2, 0) is 4.79 Å². The molecule has 3 N–H and O–H groups in total. The summed E-state index contributed by atoms with van der Waals surface area (Å²) in [5, 5.41) is 9.65. The molecule has 1 fully saturated rings. The summed E-state index contributed by atoms with van der Waals surface area (Å²) in [6.07, 6.45) is 1.91. The zero-order valence-corrected chi connectivity index (χ0v) is 17.9. The molecule has 0 saturated heterocycles. The molecule has 0 aliphatic heterocycles. The molecule has 1 aliphatic rings. The van der Waals surface area contributed by atoms with Crippen LogP contribution in [0.3, 0.4) is 0 Å². The second kappa shape index (κ2) is 9.23. The lowest BCUT2D eigenvalue weighted by molar-refractivity contribution is -0.117. The molecule has 0 bridgehead atoms. The summed E-state index contributed by atoms with van der Waals surface area (Å²) < 4.78 is 0.